The average molecular weight is 713 g/mol. The van der Waals surface area contributed by atoms with Gasteiger partial charge in [0.25, 0.3) is 0 Å². The first-order valence-electron chi connectivity index (χ1n) is 19.3. The maximum Gasteiger partial charge on any atom is 0.0788 e. The van der Waals surface area contributed by atoms with Gasteiger partial charge in [0.1, 0.15) is 0 Å². The third-order valence-electron chi connectivity index (χ3n) is 11.3. The highest BCUT2D eigenvalue weighted by atomic mass is 15.0. The molecule has 0 amide bonds. The fourth-order valence-corrected chi connectivity index (χ4v) is 8.68. The molecule has 0 bridgehead atoms. The summed E-state index contributed by atoms with van der Waals surface area (Å²) in [6, 6.07) is 79.4. The van der Waals surface area contributed by atoms with Gasteiger partial charge >= 0.3 is 0 Å². The largest absolute Gasteiger partial charge is 0.307 e. The zero-order valence-corrected chi connectivity index (χ0v) is 30.7. The predicted octanol–water partition coefficient (Wildman–Crippen LogP) is 14.5. The van der Waals surface area contributed by atoms with Gasteiger partial charge in [0.05, 0.1) is 22.1 Å². The number of hydrogen-bond acceptors (Lipinski definition) is 0. The summed E-state index contributed by atoms with van der Waals surface area (Å²) in [5, 5.41) is 4.96. The van der Waals surface area contributed by atoms with Crippen molar-refractivity contribution in [3.05, 3.63) is 218 Å². The summed E-state index contributed by atoms with van der Waals surface area (Å²) in [5.41, 5.74) is 16.7. The van der Waals surface area contributed by atoms with Crippen molar-refractivity contribution >= 4 is 43.6 Å². The second kappa shape index (κ2) is 13.2. The molecule has 2 heterocycles. The molecule has 0 spiro atoms. The van der Waals surface area contributed by atoms with Crippen molar-refractivity contribution in [1.82, 2.24) is 9.13 Å². The van der Waals surface area contributed by atoms with Gasteiger partial charge in [0.15, 0.2) is 0 Å². The maximum atomic E-state index is 2.48. The van der Waals surface area contributed by atoms with E-state index in [1.165, 1.54) is 88.1 Å². The minimum absolute atomic E-state index is 1.13. The number of para-hydroxylation sites is 2. The highest BCUT2D eigenvalue weighted by Gasteiger charge is 2.21. The molecule has 11 rings (SSSR count). The van der Waals surface area contributed by atoms with E-state index in [1.54, 1.807) is 0 Å². The molecule has 0 N–H and O–H groups in total. The Bertz CT molecular complexity index is 3220. The molecule has 2 aromatic heterocycles. The Morgan fingerprint density at radius 3 is 1.11 bits per heavy atom. The number of nitrogens with zero attached hydrogens (tertiary/aromatic N) is 2. The van der Waals surface area contributed by atoms with Crippen molar-refractivity contribution < 1.29 is 0 Å². The van der Waals surface area contributed by atoms with Crippen LogP contribution in [0.2, 0.25) is 0 Å². The zero-order chi connectivity index (χ0) is 37.0. The van der Waals surface area contributed by atoms with E-state index in [4.69, 9.17) is 0 Å². The van der Waals surface area contributed by atoms with E-state index in [9.17, 15) is 0 Å². The number of fused-ring (bicyclic) bond motifs is 7. The molecule has 0 saturated heterocycles. The number of aromatic nitrogens is 2. The Morgan fingerprint density at radius 1 is 0.214 bits per heavy atom. The van der Waals surface area contributed by atoms with Crippen LogP contribution >= 0.6 is 0 Å². The van der Waals surface area contributed by atoms with Crippen LogP contribution in [0, 0.1) is 0 Å². The second-order valence-corrected chi connectivity index (χ2v) is 14.6. The molecule has 0 aliphatic carbocycles. The molecule has 262 valence electrons. The van der Waals surface area contributed by atoms with Gasteiger partial charge in [-0.2, -0.15) is 0 Å². The first-order valence-corrected chi connectivity index (χ1v) is 19.3. The minimum Gasteiger partial charge on any atom is -0.307 e. The number of hydrogen-bond donors (Lipinski definition) is 0. The highest BCUT2D eigenvalue weighted by Crippen LogP contribution is 2.42. The van der Waals surface area contributed by atoms with Crippen molar-refractivity contribution in [2.24, 2.45) is 0 Å². The molecular formula is C54H36N2. The topological polar surface area (TPSA) is 9.86 Å². The van der Waals surface area contributed by atoms with Gasteiger partial charge in [0.2, 0.25) is 0 Å². The highest BCUT2D eigenvalue weighted by molar-refractivity contribution is 6.23. The molecule has 56 heavy (non-hydrogen) atoms. The van der Waals surface area contributed by atoms with E-state index in [1.807, 2.05) is 0 Å². The average Bonchev–Trinajstić information content (AvgIpc) is 3.80. The number of rotatable bonds is 6. The lowest BCUT2D eigenvalue weighted by Crippen LogP contribution is -1.99. The molecule has 9 aromatic carbocycles. The zero-order valence-electron chi connectivity index (χ0n) is 30.7. The Morgan fingerprint density at radius 2 is 0.589 bits per heavy atom. The van der Waals surface area contributed by atoms with Crippen LogP contribution in [0.15, 0.2) is 218 Å². The van der Waals surface area contributed by atoms with Crippen LogP contribution in [0.25, 0.3) is 99.5 Å². The second-order valence-electron chi connectivity index (χ2n) is 14.6. The van der Waals surface area contributed by atoms with Gasteiger partial charge in [-0.15, -0.1) is 0 Å². The van der Waals surface area contributed by atoms with Gasteiger partial charge in [-0.1, -0.05) is 170 Å². The van der Waals surface area contributed by atoms with Crippen molar-refractivity contribution in [3.63, 3.8) is 0 Å². The first-order chi connectivity index (χ1) is 27.8. The van der Waals surface area contributed by atoms with E-state index in [2.05, 4.69) is 228 Å². The fourth-order valence-electron chi connectivity index (χ4n) is 8.68. The SMILES string of the molecule is c1ccc(-c2cccc(-c3ccc(-n4c5ccccc5c5ccc6c7ccccc7n(-c7cccc(-c8cccc(-c9ccccc9)c8)c7)c6c54)cc3)c2)cc1. The Labute approximate surface area is 325 Å². The Kier molecular flexibility index (Phi) is 7.53. The molecule has 0 atom stereocenters. The van der Waals surface area contributed by atoms with Gasteiger partial charge in [-0.25, -0.2) is 0 Å². The lowest BCUT2D eigenvalue weighted by molar-refractivity contribution is 1.15. The third-order valence-corrected chi connectivity index (χ3v) is 11.3. The molecule has 0 saturated carbocycles. The molecule has 0 radical (unpaired) electrons. The van der Waals surface area contributed by atoms with Gasteiger partial charge < -0.3 is 9.13 Å². The molecule has 2 heteroatoms. The van der Waals surface area contributed by atoms with Crippen LogP contribution in [0.4, 0.5) is 0 Å². The molecule has 0 fully saturated rings. The van der Waals surface area contributed by atoms with Crippen LogP contribution in [0.3, 0.4) is 0 Å². The molecule has 0 unspecified atom stereocenters. The van der Waals surface area contributed by atoms with Crippen LogP contribution in [0.5, 0.6) is 0 Å². The molecule has 0 aliphatic rings. The molecule has 0 aliphatic heterocycles. The van der Waals surface area contributed by atoms with Gasteiger partial charge in [-0.05, 0) is 93.0 Å². The standard InChI is InChI=1S/C54H36N2/c1-3-14-37(15-4-1)40-18-11-20-42(34-40)39-28-30-45(31-29-39)55-51-26-9-7-24-47(51)49-32-33-50-48-25-8-10-27-52(48)56(54(50)53(49)55)46-23-13-22-44(36-46)43-21-12-19-41(35-43)38-16-5-2-6-17-38/h1-36H. The summed E-state index contributed by atoms with van der Waals surface area (Å²) in [5.74, 6) is 0. The predicted molar refractivity (Wildman–Crippen MR) is 237 cm³/mol. The van der Waals surface area contributed by atoms with E-state index in [0.717, 1.165) is 11.4 Å². The van der Waals surface area contributed by atoms with E-state index in [0.29, 0.717) is 0 Å². The van der Waals surface area contributed by atoms with E-state index < -0.39 is 0 Å². The van der Waals surface area contributed by atoms with Crippen molar-refractivity contribution in [3.8, 4) is 55.9 Å². The molecule has 2 nitrogen and oxygen atoms in total. The number of benzene rings is 9. The summed E-state index contributed by atoms with van der Waals surface area (Å²) in [7, 11) is 0. The summed E-state index contributed by atoms with van der Waals surface area (Å²) in [6.07, 6.45) is 0. The van der Waals surface area contributed by atoms with Crippen LogP contribution in [0.1, 0.15) is 0 Å². The minimum atomic E-state index is 1.13. The Balaban J connectivity index is 1.12. The summed E-state index contributed by atoms with van der Waals surface area (Å²) >= 11 is 0. The van der Waals surface area contributed by atoms with Crippen LogP contribution in [-0.2, 0) is 0 Å². The first kappa shape index (κ1) is 32.0. The maximum absolute atomic E-state index is 2.48. The monoisotopic (exact) mass is 712 g/mol. The van der Waals surface area contributed by atoms with Crippen LogP contribution in [-0.4, -0.2) is 9.13 Å². The van der Waals surface area contributed by atoms with E-state index >= 15 is 0 Å². The van der Waals surface area contributed by atoms with Crippen molar-refractivity contribution in [2.75, 3.05) is 0 Å². The van der Waals surface area contributed by atoms with Gasteiger partial charge in [-0.3, -0.25) is 0 Å². The summed E-state index contributed by atoms with van der Waals surface area (Å²) < 4.78 is 4.95. The smallest absolute Gasteiger partial charge is 0.0788 e. The van der Waals surface area contributed by atoms with Crippen molar-refractivity contribution in [1.29, 1.82) is 0 Å². The quantitative estimate of drug-likeness (QED) is 0.162. The Hall–Kier alpha value is -7.42. The molecule has 11 aromatic rings. The van der Waals surface area contributed by atoms with Crippen molar-refractivity contribution in [2.45, 2.75) is 0 Å². The van der Waals surface area contributed by atoms with E-state index in [-0.39, 0.29) is 0 Å². The third kappa shape index (κ3) is 5.26. The summed E-state index contributed by atoms with van der Waals surface area (Å²) in [6.45, 7) is 0. The lowest BCUT2D eigenvalue weighted by atomic mass is 9.99. The van der Waals surface area contributed by atoms with Gasteiger partial charge in [0, 0.05) is 32.9 Å². The van der Waals surface area contributed by atoms with Crippen LogP contribution < -0.4 is 0 Å². The fraction of sp³-hybridized carbons (Fsp3) is 0. The normalized spacial score (nSPS) is 11.6. The lowest BCUT2D eigenvalue weighted by Gasteiger charge is -2.14. The molecular weight excluding hydrogens is 677 g/mol. The summed E-state index contributed by atoms with van der Waals surface area (Å²) in [4.78, 5) is 0.